The molecule has 0 amide bonds. The Morgan fingerprint density at radius 2 is 2.45 bits per heavy atom. The first kappa shape index (κ1) is 8.68. The lowest BCUT2D eigenvalue weighted by molar-refractivity contribution is 1.14. The van der Waals surface area contributed by atoms with Gasteiger partial charge in [-0.05, 0) is 6.42 Å². The third-order valence-corrected chi connectivity index (χ3v) is 1.91. The average Bonchev–Trinajstić information content (AvgIpc) is 2.50. The number of rotatable bonds is 4. The van der Waals surface area contributed by atoms with Gasteiger partial charge in [-0.15, -0.1) is 11.6 Å². The second-order valence-electron chi connectivity index (χ2n) is 2.05. The van der Waals surface area contributed by atoms with E-state index in [9.17, 15) is 0 Å². The van der Waals surface area contributed by atoms with Crippen LogP contribution in [0.15, 0.2) is 18.3 Å². The summed E-state index contributed by atoms with van der Waals surface area (Å²) in [7, 11) is 0. The number of alkyl halides is 1. The summed E-state index contributed by atoms with van der Waals surface area (Å²) in [6, 6.07) is 0. The summed E-state index contributed by atoms with van der Waals surface area (Å²) in [6.07, 6.45) is 7.72. The van der Waals surface area contributed by atoms with Crippen LogP contribution in [-0.2, 0) is 6.42 Å². The zero-order valence-corrected chi connectivity index (χ0v) is 7.61. The maximum atomic E-state index is 5.49. The molecule has 0 atom stereocenters. The van der Waals surface area contributed by atoms with Gasteiger partial charge in [-0.1, -0.05) is 12.2 Å². The Morgan fingerprint density at radius 1 is 1.55 bits per heavy atom. The maximum absolute atomic E-state index is 5.49. The maximum Gasteiger partial charge on any atom is 0.0780 e. The Morgan fingerprint density at radius 3 is 3.09 bits per heavy atom. The van der Waals surface area contributed by atoms with Crippen molar-refractivity contribution >= 4 is 23.3 Å². The van der Waals surface area contributed by atoms with Gasteiger partial charge in [0.2, 0.25) is 0 Å². The monoisotopic (exact) mass is 188 g/mol. The van der Waals surface area contributed by atoms with Crippen LogP contribution in [0, 0.1) is 0 Å². The molecule has 1 aromatic heterocycles. The first-order chi connectivity index (χ1) is 5.43. The highest BCUT2D eigenvalue weighted by atomic mass is 35.5. The van der Waals surface area contributed by atoms with Crippen LogP contribution in [0.5, 0.6) is 0 Å². The van der Waals surface area contributed by atoms with Crippen LogP contribution < -0.4 is 0 Å². The summed E-state index contributed by atoms with van der Waals surface area (Å²) in [5.41, 5.74) is 1.03. The molecular formula is C7H9ClN2S. The molecule has 4 heteroatoms. The lowest BCUT2D eigenvalue weighted by atomic mass is 10.3. The number of aromatic nitrogens is 2. The van der Waals surface area contributed by atoms with Crippen molar-refractivity contribution in [2.75, 3.05) is 5.88 Å². The zero-order chi connectivity index (χ0) is 7.94. The smallest absolute Gasteiger partial charge is 0.0780 e. The Balaban J connectivity index is 2.23. The van der Waals surface area contributed by atoms with Gasteiger partial charge in [0, 0.05) is 12.3 Å². The molecule has 1 heterocycles. The Labute approximate surface area is 75.2 Å². The van der Waals surface area contributed by atoms with Crippen LogP contribution in [0.3, 0.4) is 0 Å². The third-order valence-electron chi connectivity index (χ3n) is 1.18. The molecule has 0 saturated carbocycles. The van der Waals surface area contributed by atoms with E-state index in [-0.39, 0.29) is 0 Å². The Hall–Kier alpha value is -0.410. The van der Waals surface area contributed by atoms with Gasteiger partial charge in [0.15, 0.2) is 0 Å². The number of halogens is 1. The largest absolute Gasteiger partial charge is 0.181 e. The highest BCUT2D eigenvalue weighted by molar-refractivity contribution is 6.99. The summed E-state index contributed by atoms with van der Waals surface area (Å²) in [5.74, 6) is 0.686. The highest BCUT2D eigenvalue weighted by Gasteiger charge is 1.89. The van der Waals surface area contributed by atoms with E-state index >= 15 is 0 Å². The van der Waals surface area contributed by atoms with Gasteiger partial charge in [-0.3, -0.25) is 0 Å². The van der Waals surface area contributed by atoms with Crippen molar-refractivity contribution in [1.29, 1.82) is 0 Å². The summed E-state index contributed by atoms with van der Waals surface area (Å²) >= 11 is 6.73. The number of nitrogens with zero attached hydrogens (tertiary/aromatic N) is 2. The van der Waals surface area contributed by atoms with Crippen LogP contribution in [0.2, 0.25) is 0 Å². The molecule has 0 aliphatic heterocycles. The van der Waals surface area contributed by atoms with Crippen molar-refractivity contribution in [3.05, 3.63) is 24.0 Å². The molecule has 60 valence electrons. The lowest BCUT2D eigenvalue weighted by Crippen LogP contribution is -1.78. The topological polar surface area (TPSA) is 25.8 Å². The molecule has 0 radical (unpaired) electrons. The molecular weight excluding hydrogens is 180 g/mol. The van der Waals surface area contributed by atoms with Gasteiger partial charge in [0.25, 0.3) is 0 Å². The standard InChI is InChI=1S/C7H9ClN2S/c8-5-3-1-2-4-7-6-9-11-10-7/h1-2,6H,3-5H2/b2-1+. The van der Waals surface area contributed by atoms with Crippen LogP contribution in [0.25, 0.3) is 0 Å². The van der Waals surface area contributed by atoms with Crippen LogP contribution in [0.1, 0.15) is 12.1 Å². The van der Waals surface area contributed by atoms with E-state index in [1.165, 1.54) is 11.7 Å². The molecule has 0 saturated heterocycles. The average molecular weight is 189 g/mol. The fourth-order valence-corrected chi connectivity index (χ4v) is 1.23. The predicted molar refractivity (Wildman–Crippen MR) is 48.1 cm³/mol. The normalized spacial score (nSPS) is 11.0. The van der Waals surface area contributed by atoms with Crippen molar-refractivity contribution in [2.45, 2.75) is 12.8 Å². The molecule has 0 aliphatic carbocycles. The van der Waals surface area contributed by atoms with Gasteiger partial charge < -0.3 is 0 Å². The summed E-state index contributed by atoms with van der Waals surface area (Å²) in [4.78, 5) is 0. The molecule has 0 aliphatic rings. The second-order valence-corrected chi connectivity index (χ2v) is 2.99. The first-order valence-corrected chi connectivity index (χ1v) is 4.67. The predicted octanol–water partition coefficient (Wildman–Crippen LogP) is 2.27. The van der Waals surface area contributed by atoms with E-state index in [1.54, 1.807) is 6.20 Å². The zero-order valence-electron chi connectivity index (χ0n) is 6.03. The van der Waals surface area contributed by atoms with Gasteiger partial charge in [0.05, 0.1) is 23.6 Å². The molecule has 0 spiro atoms. The summed E-state index contributed by atoms with van der Waals surface area (Å²) < 4.78 is 7.95. The van der Waals surface area contributed by atoms with Crippen LogP contribution >= 0.6 is 23.3 Å². The molecule has 1 aromatic rings. The van der Waals surface area contributed by atoms with Crippen molar-refractivity contribution in [1.82, 2.24) is 8.75 Å². The molecule has 1 rings (SSSR count). The van der Waals surface area contributed by atoms with E-state index in [4.69, 9.17) is 11.6 Å². The lowest BCUT2D eigenvalue weighted by Gasteiger charge is -1.84. The van der Waals surface area contributed by atoms with E-state index in [0.717, 1.165) is 18.5 Å². The van der Waals surface area contributed by atoms with Crippen molar-refractivity contribution in [2.24, 2.45) is 0 Å². The quantitative estimate of drug-likeness (QED) is 0.535. The van der Waals surface area contributed by atoms with Crippen LogP contribution in [-0.4, -0.2) is 14.6 Å². The van der Waals surface area contributed by atoms with E-state index in [1.807, 2.05) is 0 Å². The fraction of sp³-hybridized carbons (Fsp3) is 0.429. The number of hydrogen-bond donors (Lipinski definition) is 0. The van der Waals surface area contributed by atoms with Crippen LogP contribution in [0.4, 0.5) is 0 Å². The molecule has 0 aromatic carbocycles. The van der Waals surface area contributed by atoms with Gasteiger partial charge in [0.1, 0.15) is 0 Å². The van der Waals surface area contributed by atoms with E-state index in [2.05, 4.69) is 20.9 Å². The Bertz CT molecular complexity index is 208. The second kappa shape index (κ2) is 5.27. The molecule has 11 heavy (non-hydrogen) atoms. The minimum atomic E-state index is 0.686. The minimum absolute atomic E-state index is 0.686. The van der Waals surface area contributed by atoms with E-state index < -0.39 is 0 Å². The molecule has 0 unspecified atom stereocenters. The number of hydrogen-bond acceptors (Lipinski definition) is 3. The first-order valence-electron chi connectivity index (χ1n) is 3.41. The Kier molecular flexibility index (Phi) is 4.16. The highest BCUT2D eigenvalue weighted by Crippen LogP contribution is 1.97. The summed E-state index contributed by atoms with van der Waals surface area (Å²) in [5, 5.41) is 0. The number of allylic oxidation sites excluding steroid dienone is 2. The van der Waals surface area contributed by atoms with Crippen molar-refractivity contribution in [3.63, 3.8) is 0 Å². The SMILES string of the molecule is ClCC/C=C/Cc1cnsn1. The molecule has 0 fully saturated rings. The van der Waals surface area contributed by atoms with Crippen molar-refractivity contribution < 1.29 is 0 Å². The van der Waals surface area contributed by atoms with E-state index in [0.29, 0.717) is 5.88 Å². The molecule has 2 nitrogen and oxygen atoms in total. The van der Waals surface area contributed by atoms with Crippen molar-refractivity contribution in [3.8, 4) is 0 Å². The fourth-order valence-electron chi connectivity index (χ4n) is 0.659. The molecule has 0 bridgehead atoms. The van der Waals surface area contributed by atoms with Gasteiger partial charge in [-0.2, -0.15) is 8.75 Å². The molecule has 0 N–H and O–H groups in total. The van der Waals surface area contributed by atoms with Gasteiger partial charge >= 0.3 is 0 Å². The van der Waals surface area contributed by atoms with Gasteiger partial charge in [-0.25, -0.2) is 0 Å². The third kappa shape index (κ3) is 3.49. The minimum Gasteiger partial charge on any atom is -0.181 e. The summed E-state index contributed by atoms with van der Waals surface area (Å²) in [6.45, 7) is 0.